The topological polar surface area (TPSA) is 75.6 Å². The molecule has 1 aromatic rings. The van der Waals surface area contributed by atoms with Crippen LogP contribution in [0, 0.1) is 11.8 Å². The summed E-state index contributed by atoms with van der Waals surface area (Å²) in [6.07, 6.45) is 1.37. The first kappa shape index (κ1) is 16.0. The lowest BCUT2D eigenvalue weighted by molar-refractivity contribution is 0.0173. The van der Waals surface area contributed by atoms with Gasteiger partial charge in [-0.25, -0.2) is 13.1 Å². The van der Waals surface area contributed by atoms with Gasteiger partial charge in [0.05, 0.1) is 11.0 Å². The van der Waals surface area contributed by atoms with Gasteiger partial charge >= 0.3 is 0 Å². The van der Waals surface area contributed by atoms with Gasteiger partial charge in [-0.05, 0) is 31.9 Å². The lowest BCUT2D eigenvalue weighted by atomic mass is 10.1. The average Bonchev–Trinajstić information content (AvgIpc) is 2.45. The maximum absolute atomic E-state index is 12.5. The maximum Gasteiger partial charge on any atom is 0.242 e. The van der Waals surface area contributed by atoms with Gasteiger partial charge < -0.3 is 9.84 Å². The number of hydrogen-bond acceptors (Lipinski definition) is 4. The van der Waals surface area contributed by atoms with Gasteiger partial charge in [-0.2, -0.15) is 0 Å². The molecule has 21 heavy (non-hydrogen) atoms. The largest absolute Gasteiger partial charge is 0.384 e. The molecule has 2 unspecified atom stereocenters. The Morgan fingerprint density at radius 2 is 2.19 bits per heavy atom. The van der Waals surface area contributed by atoms with E-state index in [2.05, 4.69) is 16.6 Å². The van der Waals surface area contributed by atoms with Gasteiger partial charge in [-0.1, -0.05) is 24.0 Å². The monoisotopic (exact) mass is 309 g/mol. The van der Waals surface area contributed by atoms with Gasteiger partial charge in [0.25, 0.3) is 0 Å². The number of hydrogen-bond donors (Lipinski definition) is 2. The molecule has 0 spiro atoms. The number of ether oxygens (including phenoxy) is 1. The summed E-state index contributed by atoms with van der Waals surface area (Å²) in [6, 6.07) is 6.40. The zero-order chi connectivity index (χ0) is 15.3. The molecule has 2 atom stereocenters. The Bertz CT molecular complexity index is 645. The molecule has 2 rings (SSSR count). The second-order valence-corrected chi connectivity index (χ2v) is 6.66. The SMILES string of the molecule is CC1CC(NS(=O)(=O)c2ccccc2C#CCO)CCO1. The molecular formula is C15H19NO4S. The number of aliphatic hydroxyl groups excluding tert-OH is 1. The average molecular weight is 309 g/mol. The lowest BCUT2D eigenvalue weighted by Crippen LogP contribution is -2.41. The minimum absolute atomic E-state index is 0.0517. The highest BCUT2D eigenvalue weighted by Crippen LogP contribution is 2.19. The van der Waals surface area contributed by atoms with Gasteiger partial charge in [-0.3, -0.25) is 0 Å². The van der Waals surface area contributed by atoms with E-state index in [0.29, 0.717) is 25.0 Å². The molecule has 1 saturated heterocycles. The van der Waals surface area contributed by atoms with Crippen molar-refractivity contribution in [1.29, 1.82) is 0 Å². The van der Waals surface area contributed by atoms with E-state index in [1.165, 1.54) is 6.07 Å². The number of benzene rings is 1. The Hall–Kier alpha value is -1.39. The standard InChI is InChI=1S/C15H19NO4S/c1-12-11-14(8-10-20-12)16-21(18,19)15-7-3-2-5-13(15)6-4-9-17/h2-3,5,7,12,14,16-17H,8-11H2,1H3. The summed E-state index contributed by atoms with van der Waals surface area (Å²) in [4.78, 5) is 0.144. The molecule has 0 bridgehead atoms. The van der Waals surface area contributed by atoms with Crippen LogP contribution >= 0.6 is 0 Å². The summed E-state index contributed by atoms with van der Waals surface area (Å²) in [5.74, 6) is 5.15. The molecular weight excluding hydrogens is 290 g/mol. The van der Waals surface area contributed by atoms with Crippen molar-refractivity contribution < 1.29 is 18.3 Å². The molecule has 5 nitrogen and oxygen atoms in total. The van der Waals surface area contributed by atoms with Crippen molar-refractivity contribution in [3.05, 3.63) is 29.8 Å². The van der Waals surface area contributed by atoms with Crippen LogP contribution in [0.4, 0.5) is 0 Å². The molecule has 1 fully saturated rings. The summed E-state index contributed by atoms with van der Waals surface area (Å²) in [5.41, 5.74) is 0.388. The molecule has 1 aromatic carbocycles. The molecule has 0 radical (unpaired) electrons. The molecule has 1 aliphatic rings. The molecule has 1 aliphatic heterocycles. The Morgan fingerprint density at radius 3 is 2.90 bits per heavy atom. The Labute approximate surface area is 125 Å². The van der Waals surface area contributed by atoms with Crippen LogP contribution in [0.15, 0.2) is 29.2 Å². The van der Waals surface area contributed by atoms with Crippen molar-refractivity contribution in [3.8, 4) is 11.8 Å². The van der Waals surface area contributed by atoms with Crippen LogP contribution in [0.2, 0.25) is 0 Å². The fraction of sp³-hybridized carbons (Fsp3) is 0.467. The summed E-state index contributed by atoms with van der Waals surface area (Å²) < 4.78 is 33.2. The summed E-state index contributed by atoms with van der Waals surface area (Å²) in [5, 5.41) is 8.76. The Kier molecular flexibility index (Phi) is 5.37. The molecule has 2 N–H and O–H groups in total. The van der Waals surface area contributed by atoms with E-state index in [9.17, 15) is 8.42 Å². The van der Waals surface area contributed by atoms with E-state index in [1.54, 1.807) is 18.2 Å². The number of sulfonamides is 1. The van der Waals surface area contributed by atoms with Gasteiger partial charge in [0.1, 0.15) is 6.61 Å². The maximum atomic E-state index is 12.5. The second-order valence-electron chi connectivity index (χ2n) is 4.98. The molecule has 0 saturated carbocycles. The molecule has 1 heterocycles. The highest BCUT2D eigenvalue weighted by Gasteiger charge is 2.26. The van der Waals surface area contributed by atoms with E-state index >= 15 is 0 Å². The van der Waals surface area contributed by atoms with Crippen LogP contribution in [0.3, 0.4) is 0 Å². The fourth-order valence-corrected chi connectivity index (χ4v) is 3.77. The van der Waals surface area contributed by atoms with Gasteiger partial charge in [-0.15, -0.1) is 0 Å². The van der Waals surface area contributed by atoms with Crippen LogP contribution in [0.1, 0.15) is 25.3 Å². The van der Waals surface area contributed by atoms with Crippen LogP contribution < -0.4 is 4.72 Å². The Morgan fingerprint density at radius 1 is 1.43 bits per heavy atom. The summed E-state index contributed by atoms with van der Waals surface area (Å²) in [7, 11) is -3.63. The van der Waals surface area contributed by atoms with E-state index in [4.69, 9.17) is 9.84 Å². The highest BCUT2D eigenvalue weighted by molar-refractivity contribution is 7.89. The number of nitrogens with one attached hydrogen (secondary N) is 1. The fourth-order valence-electron chi connectivity index (χ4n) is 2.33. The minimum atomic E-state index is -3.63. The minimum Gasteiger partial charge on any atom is -0.384 e. The van der Waals surface area contributed by atoms with Crippen molar-refractivity contribution in [2.24, 2.45) is 0 Å². The normalized spacial score (nSPS) is 22.4. The third-order valence-electron chi connectivity index (χ3n) is 3.29. The van der Waals surface area contributed by atoms with E-state index in [0.717, 1.165) is 0 Å². The summed E-state index contributed by atoms with van der Waals surface area (Å²) in [6.45, 7) is 2.18. The van der Waals surface area contributed by atoms with Crippen molar-refractivity contribution in [1.82, 2.24) is 4.72 Å². The quantitative estimate of drug-likeness (QED) is 0.813. The van der Waals surface area contributed by atoms with Crippen LogP contribution in [-0.4, -0.2) is 38.9 Å². The first-order valence-electron chi connectivity index (χ1n) is 6.85. The molecule has 114 valence electrons. The molecule has 0 aliphatic carbocycles. The zero-order valence-electron chi connectivity index (χ0n) is 11.9. The van der Waals surface area contributed by atoms with Crippen LogP contribution in [0.5, 0.6) is 0 Å². The zero-order valence-corrected chi connectivity index (χ0v) is 12.7. The third kappa shape index (κ3) is 4.29. The van der Waals surface area contributed by atoms with Crippen LogP contribution in [-0.2, 0) is 14.8 Å². The number of aliphatic hydroxyl groups is 1. The molecule has 0 amide bonds. The van der Waals surface area contributed by atoms with Crippen molar-refractivity contribution >= 4 is 10.0 Å². The summed E-state index contributed by atoms with van der Waals surface area (Å²) >= 11 is 0. The van der Waals surface area contributed by atoms with Crippen molar-refractivity contribution in [3.63, 3.8) is 0 Å². The molecule has 0 aromatic heterocycles. The van der Waals surface area contributed by atoms with Gasteiger partial charge in [0.2, 0.25) is 10.0 Å². The van der Waals surface area contributed by atoms with Crippen LogP contribution in [0.25, 0.3) is 0 Å². The van der Waals surface area contributed by atoms with E-state index in [-0.39, 0.29) is 23.6 Å². The lowest BCUT2D eigenvalue weighted by Gasteiger charge is -2.27. The third-order valence-corrected chi connectivity index (χ3v) is 4.86. The Balaban J connectivity index is 2.23. The van der Waals surface area contributed by atoms with E-state index in [1.807, 2.05) is 6.92 Å². The van der Waals surface area contributed by atoms with Gasteiger partial charge in [0.15, 0.2) is 0 Å². The second kappa shape index (κ2) is 7.05. The predicted molar refractivity (Wildman–Crippen MR) is 79.2 cm³/mol. The van der Waals surface area contributed by atoms with Crippen molar-refractivity contribution in [2.45, 2.75) is 36.8 Å². The van der Waals surface area contributed by atoms with Crippen molar-refractivity contribution in [2.75, 3.05) is 13.2 Å². The number of rotatable bonds is 3. The smallest absolute Gasteiger partial charge is 0.242 e. The highest BCUT2D eigenvalue weighted by atomic mass is 32.2. The molecule has 6 heteroatoms. The van der Waals surface area contributed by atoms with Gasteiger partial charge in [0, 0.05) is 18.2 Å². The predicted octanol–water partition coefficient (Wildman–Crippen LogP) is 0.876. The van der Waals surface area contributed by atoms with E-state index < -0.39 is 10.0 Å². The first-order valence-corrected chi connectivity index (χ1v) is 8.34. The first-order chi connectivity index (χ1) is 10.0.